The molecule has 0 saturated carbocycles. The van der Waals surface area contributed by atoms with Crippen molar-refractivity contribution in [3.8, 4) is 0 Å². The second kappa shape index (κ2) is 9.19. The number of hydrogen-bond acceptors (Lipinski definition) is 6. The monoisotopic (exact) mass is 402 g/mol. The van der Waals surface area contributed by atoms with Crippen LogP contribution in [0.3, 0.4) is 0 Å². The first-order valence-electron chi connectivity index (χ1n) is 10.2. The van der Waals surface area contributed by atoms with Gasteiger partial charge in [0.1, 0.15) is 5.69 Å². The van der Waals surface area contributed by atoms with Crippen molar-refractivity contribution >= 4 is 11.8 Å². The maximum Gasteiger partial charge on any atom is 0.272 e. The molecule has 2 aromatic rings. The van der Waals surface area contributed by atoms with Crippen molar-refractivity contribution in [2.45, 2.75) is 52.5 Å². The van der Waals surface area contributed by atoms with Crippen LogP contribution in [0.4, 0.5) is 0 Å². The lowest BCUT2D eigenvalue weighted by Gasteiger charge is -2.39. The zero-order valence-corrected chi connectivity index (χ0v) is 17.7. The number of likely N-dealkylation sites (tertiary alicyclic amines) is 1. The molecule has 0 bridgehead atoms. The van der Waals surface area contributed by atoms with Crippen LogP contribution in [0.5, 0.6) is 0 Å². The average molecular weight is 402 g/mol. The van der Waals surface area contributed by atoms with Crippen LogP contribution in [0.25, 0.3) is 0 Å². The Labute approximate surface area is 171 Å². The Morgan fingerprint density at radius 2 is 2.17 bits per heavy atom. The molecule has 0 radical (unpaired) electrons. The molecule has 1 atom stereocenters. The predicted octanol–water partition coefficient (Wildman–Crippen LogP) is 1.70. The molecule has 2 amide bonds. The van der Waals surface area contributed by atoms with Crippen LogP contribution < -0.4 is 0 Å². The van der Waals surface area contributed by atoms with Gasteiger partial charge in [0.25, 0.3) is 5.91 Å². The highest BCUT2D eigenvalue weighted by atomic mass is 16.5. The molecule has 1 aliphatic rings. The number of aromatic nitrogens is 4. The average Bonchev–Trinajstić information content (AvgIpc) is 3.29. The van der Waals surface area contributed by atoms with Crippen molar-refractivity contribution in [3.63, 3.8) is 0 Å². The van der Waals surface area contributed by atoms with E-state index in [0.717, 1.165) is 19.3 Å². The number of carbonyl (C=O) groups excluding carboxylic acids is 2. The molecule has 9 nitrogen and oxygen atoms in total. The van der Waals surface area contributed by atoms with Crippen LogP contribution in [0.1, 0.15) is 55.8 Å². The number of imidazole rings is 1. The Kier molecular flexibility index (Phi) is 6.66. The molecule has 0 N–H and O–H groups in total. The molecule has 1 unspecified atom stereocenters. The van der Waals surface area contributed by atoms with Gasteiger partial charge in [-0.1, -0.05) is 19.0 Å². The minimum atomic E-state index is -0.0466. The molecule has 3 rings (SSSR count). The lowest BCUT2D eigenvalue weighted by Crippen LogP contribution is -2.52. The molecule has 29 heavy (non-hydrogen) atoms. The van der Waals surface area contributed by atoms with Gasteiger partial charge in [0, 0.05) is 52.5 Å². The van der Waals surface area contributed by atoms with Crippen LogP contribution in [0.2, 0.25) is 0 Å². The van der Waals surface area contributed by atoms with Crippen LogP contribution >= 0.6 is 0 Å². The molecule has 0 spiro atoms. The summed E-state index contributed by atoms with van der Waals surface area (Å²) in [5, 5.41) is 4.03. The minimum absolute atomic E-state index is 0.00395. The van der Waals surface area contributed by atoms with E-state index in [1.807, 2.05) is 16.8 Å². The Balaban J connectivity index is 1.62. The lowest BCUT2D eigenvalue weighted by atomic mass is 10.0. The molecular weight excluding hydrogens is 372 g/mol. The number of carbonyl (C=O) groups is 2. The summed E-state index contributed by atoms with van der Waals surface area (Å²) in [6.45, 7) is 7.49. The Morgan fingerprint density at radius 3 is 2.83 bits per heavy atom. The molecule has 1 fully saturated rings. The van der Waals surface area contributed by atoms with E-state index in [-0.39, 0.29) is 17.9 Å². The summed E-state index contributed by atoms with van der Waals surface area (Å²) in [5.41, 5.74) is 0.560. The standard InChI is InChI=1S/C20H30N6O3/c1-14(2)10-19-22-18(23-29-19)7-9-26(15(3)27)16-6-5-8-25(12-16)20(28)17-11-21-13-24(17)4/h11,13-14,16H,5-10,12H2,1-4H3. The highest BCUT2D eigenvalue weighted by Gasteiger charge is 2.30. The van der Waals surface area contributed by atoms with Gasteiger partial charge in [0.05, 0.1) is 12.5 Å². The molecule has 2 aromatic heterocycles. The number of hydrogen-bond donors (Lipinski definition) is 0. The van der Waals surface area contributed by atoms with Gasteiger partial charge in [-0.3, -0.25) is 9.59 Å². The van der Waals surface area contributed by atoms with Crippen molar-refractivity contribution in [2.24, 2.45) is 13.0 Å². The van der Waals surface area contributed by atoms with Crippen LogP contribution in [0, 0.1) is 5.92 Å². The van der Waals surface area contributed by atoms with Crippen LogP contribution in [0.15, 0.2) is 17.0 Å². The quantitative estimate of drug-likeness (QED) is 0.699. The third-order valence-electron chi connectivity index (χ3n) is 5.23. The topological polar surface area (TPSA) is 97.4 Å². The zero-order valence-electron chi connectivity index (χ0n) is 17.7. The van der Waals surface area contributed by atoms with Gasteiger partial charge in [0.2, 0.25) is 11.8 Å². The first-order chi connectivity index (χ1) is 13.8. The summed E-state index contributed by atoms with van der Waals surface area (Å²) < 4.78 is 7.01. The number of rotatable bonds is 7. The highest BCUT2D eigenvalue weighted by Crippen LogP contribution is 2.19. The Bertz CT molecular complexity index is 843. The van der Waals surface area contributed by atoms with Crippen LogP contribution in [-0.2, 0) is 24.7 Å². The first kappa shape index (κ1) is 21.0. The molecule has 9 heteroatoms. The minimum Gasteiger partial charge on any atom is -0.339 e. The molecule has 0 aromatic carbocycles. The van der Waals surface area contributed by atoms with Crippen LogP contribution in [-0.4, -0.2) is 67.0 Å². The van der Waals surface area contributed by atoms with Gasteiger partial charge >= 0.3 is 0 Å². The van der Waals surface area contributed by atoms with E-state index in [2.05, 4.69) is 29.0 Å². The Hall–Kier alpha value is -2.71. The van der Waals surface area contributed by atoms with Gasteiger partial charge in [-0.2, -0.15) is 4.98 Å². The number of piperidine rings is 1. The predicted molar refractivity (Wildman–Crippen MR) is 106 cm³/mol. The number of aryl methyl sites for hydroxylation is 1. The van der Waals surface area contributed by atoms with Crippen molar-refractivity contribution in [1.82, 2.24) is 29.5 Å². The molecule has 1 saturated heterocycles. The van der Waals surface area contributed by atoms with E-state index in [9.17, 15) is 9.59 Å². The second-order valence-corrected chi connectivity index (χ2v) is 8.10. The zero-order chi connectivity index (χ0) is 21.0. The largest absolute Gasteiger partial charge is 0.339 e. The lowest BCUT2D eigenvalue weighted by molar-refractivity contribution is -0.132. The van der Waals surface area contributed by atoms with Gasteiger partial charge < -0.3 is 18.9 Å². The maximum absolute atomic E-state index is 12.8. The summed E-state index contributed by atoms with van der Waals surface area (Å²) >= 11 is 0. The van der Waals surface area contributed by atoms with Crippen molar-refractivity contribution in [3.05, 3.63) is 29.9 Å². The van der Waals surface area contributed by atoms with E-state index >= 15 is 0 Å². The second-order valence-electron chi connectivity index (χ2n) is 8.10. The summed E-state index contributed by atoms with van der Waals surface area (Å²) in [5.74, 6) is 1.65. The first-order valence-corrected chi connectivity index (χ1v) is 10.2. The van der Waals surface area contributed by atoms with E-state index in [1.165, 1.54) is 0 Å². The SMILES string of the molecule is CC(=O)N(CCc1noc(CC(C)C)n1)C1CCCN(C(=O)c2cncn2C)C1. The van der Waals surface area contributed by atoms with E-state index in [4.69, 9.17) is 4.52 Å². The molecular formula is C20H30N6O3. The molecule has 0 aliphatic carbocycles. The number of nitrogens with zero attached hydrogens (tertiary/aromatic N) is 6. The van der Waals surface area contributed by atoms with Gasteiger partial charge in [-0.25, -0.2) is 4.98 Å². The summed E-state index contributed by atoms with van der Waals surface area (Å²) in [4.78, 5) is 37.2. The number of amides is 2. The fourth-order valence-electron chi connectivity index (χ4n) is 3.76. The third kappa shape index (κ3) is 5.21. The van der Waals surface area contributed by atoms with E-state index in [0.29, 0.717) is 49.4 Å². The summed E-state index contributed by atoms with van der Waals surface area (Å²) in [6, 6.07) is -0.0135. The highest BCUT2D eigenvalue weighted by molar-refractivity contribution is 5.92. The van der Waals surface area contributed by atoms with Crippen molar-refractivity contribution in [2.75, 3.05) is 19.6 Å². The summed E-state index contributed by atoms with van der Waals surface area (Å²) in [6.07, 6.45) is 6.22. The smallest absolute Gasteiger partial charge is 0.272 e. The van der Waals surface area contributed by atoms with E-state index < -0.39 is 0 Å². The fourth-order valence-corrected chi connectivity index (χ4v) is 3.76. The molecule has 3 heterocycles. The molecule has 1 aliphatic heterocycles. The van der Waals surface area contributed by atoms with Crippen molar-refractivity contribution < 1.29 is 14.1 Å². The normalized spacial score (nSPS) is 17.0. The van der Waals surface area contributed by atoms with Gasteiger partial charge in [-0.05, 0) is 18.8 Å². The Morgan fingerprint density at radius 1 is 1.38 bits per heavy atom. The summed E-state index contributed by atoms with van der Waals surface area (Å²) in [7, 11) is 1.81. The fraction of sp³-hybridized carbons (Fsp3) is 0.650. The molecule has 158 valence electrons. The maximum atomic E-state index is 12.8. The van der Waals surface area contributed by atoms with Crippen molar-refractivity contribution in [1.29, 1.82) is 0 Å². The van der Waals surface area contributed by atoms with E-state index in [1.54, 1.807) is 24.0 Å². The van der Waals surface area contributed by atoms with Gasteiger partial charge in [0.15, 0.2) is 5.82 Å². The third-order valence-corrected chi connectivity index (χ3v) is 5.23. The van der Waals surface area contributed by atoms with Gasteiger partial charge in [-0.15, -0.1) is 0 Å².